The van der Waals surface area contributed by atoms with Crippen molar-refractivity contribution in [3.63, 3.8) is 0 Å². The highest BCUT2D eigenvalue weighted by atomic mass is 19.1. The lowest BCUT2D eigenvalue weighted by Gasteiger charge is -2.11. The van der Waals surface area contributed by atoms with E-state index < -0.39 is 36.6 Å². The monoisotopic (exact) mass is 504 g/mol. The molecular formula is C28H22F6O2. The van der Waals surface area contributed by atoms with Gasteiger partial charge in [0, 0.05) is 29.7 Å². The molecule has 0 atom stereocenters. The number of hydrogen-bond donors (Lipinski definition) is 0. The van der Waals surface area contributed by atoms with Gasteiger partial charge in [-0.3, -0.25) is 8.78 Å². The Morgan fingerprint density at radius 2 is 0.889 bits per heavy atom. The molecule has 0 aliphatic carbocycles. The Morgan fingerprint density at radius 1 is 0.500 bits per heavy atom. The molecule has 0 amide bonds. The van der Waals surface area contributed by atoms with Crippen molar-refractivity contribution in [2.24, 2.45) is 0 Å². The third-order valence-electron chi connectivity index (χ3n) is 4.91. The molecule has 4 rings (SSSR count). The fraction of sp³-hybridized carbons (Fsp3) is 0.143. The molecule has 0 aliphatic rings. The Hall–Kier alpha value is -3.94. The predicted molar refractivity (Wildman–Crippen MR) is 126 cm³/mol. The van der Waals surface area contributed by atoms with Crippen molar-refractivity contribution < 1.29 is 35.8 Å². The summed E-state index contributed by atoms with van der Waals surface area (Å²) in [6, 6.07) is 19.5. The Morgan fingerprint density at radius 3 is 1.19 bits per heavy atom. The molecule has 0 bridgehead atoms. The van der Waals surface area contributed by atoms with Crippen molar-refractivity contribution in [3.8, 4) is 33.8 Å². The molecular weight excluding hydrogens is 482 g/mol. The Labute approximate surface area is 204 Å². The van der Waals surface area contributed by atoms with Crippen LogP contribution in [0.3, 0.4) is 0 Å². The Kier molecular flexibility index (Phi) is 9.80. The van der Waals surface area contributed by atoms with Gasteiger partial charge in [-0.2, -0.15) is 0 Å². The number of ether oxygens (including phenoxy) is 2. The summed E-state index contributed by atoms with van der Waals surface area (Å²) in [6.07, 6.45) is 0.0556. The van der Waals surface area contributed by atoms with Gasteiger partial charge in [0.1, 0.15) is 34.8 Å². The largest absolute Gasteiger partial charge is 0.457 e. The Bertz CT molecular complexity index is 1150. The van der Waals surface area contributed by atoms with Gasteiger partial charge in [-0.25, -0.2) is 17.6 Å². The van der Waals surface area contributed by atoms with E-state index in [1.807, 2.05) is 0 Å². The zero-order valence-corrected chi connectivity index (χ0v) is 19.0. The van der Waals surface area contributed by atoms with Crippen LogP contribution in [0, 0.1) is 23.3 Å². The maximum atomic E-state index is 14.4. The quantitative estimate of drug-likeness (QED) is 0.178. The summed E-state index contributed by atoms with van der Waals surface area (Å²) in [4.78, 5) is 0. The first-order valence-corrected chi connectivity index (χ1v) is 10.9. The molecule has 188 valence electrons. The van der Waals surface area contributed by atoms with Gasteiger partial charge in [-0.15, -0.1) is 0 Å². The molecule has 0 unspecified atom stereocenters. The van der Waals surface area contributed by atoms with Crippen LogP contribution in [-0.4, -0.2) is 20.1 Å². The van der Waals surface area contributed by atoms with Crippen LogP contribution in [-0.2, 0) is 0 Å². The first-order chi connectivity index (χ1) is 17.4. The normalized spacial score (nSPS) is 10.4. The number of benzene rings is 4. The summed E-state index contributed by atoms with van der Waals surface area (Å²) in [5.74, 6) is -1.40. The van der Waals surface area contributed by atoms with E-state index in [9.17, 15) is 26.3 Å². The van der Waals surface area contributed by atoms with Crippen molar-refractivity contribution >= 4 is 0 Å². The van der Waals surface area contributed by atoms with E-state index in [0.29, 0.717) is 22.3 Å². The number of rotatable bonds is 8. The first-order valence-electron chi connectivity index (χ1n) is 10.9. The molecule has 4 aromatic carbocycles. The molecule has 0 N–H and O–H groups in total. The Balaban J connectivity index is 0.000000658. The van der Waals surface area contributed by atoms with Gasteiger partial charge in [0.15, 0.2) is 0 Å². The van der Waals surface area contributed by atoms with E-state index in [-0.39, 0.29) is 24.7 Å². The molecule has 4 aromatic rings. The number of hydrogen-bond acceptors (Lipinski definition) is 2. The molecule has 0 saturated heterocycles. The highest BCUT2D eigenvalue weighted by molar-refractivity contribution is 5.65. The maximum Gasteiger partial charge on any atom is 0.230 e. The van der Waals surface area contributed by atoms with E-state index in [0.717, 1.165) is 0 Å². The highest BCUT2D eigenvalue weighted by Crippen LogP contribution is 2.28. The van der Waals surface area contributed by atoms with Crippen LogP contribution < -0.4 is 9.47 Å². The summed E-state index contributed by atoms with van der Waals surface area (Å²) in [6.45, 7) is -1.32. The molecule has 0 saturated carbocycles. The molecule has 0 radical (unpaired) electrons. The van der Waals surface area contributed by atoms with Gasteiger partial charge >= 0.3 is 0 Å². The molecule has 0 aliphatic heterocycles. The summed E-state index contributed by atoms with van der Waals surface area (Å²) in [5.41, 5.74) is 1.70. The zero-order valence-electron chi connectivity index (χ0n) is 19.0. The first kappa shape index (κ1) is 26.7. The third-order valence-corrected chi connectivity index (χ3v) is 4.91. The van der Waals surface area contributed by atoms with Gasteiger partial charge in [0.2, 0.25) is 6.79 Å². The number of halogens is 6. The third kappa shape index (κ3) is 7.53. The summed E-state index contributed by atoms with van der Waals surface area (Å²) in [7, 11) is 0. The van der Waals surface area contributed by atoms with Crippen LogP contribution in [0.4, 0.5) is 26.3 Å². The lowest BCUT2D eigenvalue weighted by Crippen LogP contribution is -2.06. The smallest absolute Gasteiger partial charge is 0.230 e. The predicted octanol–water partition coefficient (Wildman–Crippen LogP) is 8.31. The SMILES string of the molecule is FCCCF.Fc1ccc(-c2ccc(OCOc3ccc(-c4ccc(F)cc4)c(F)c3)cc2F)cc1. The molecule has 0 spiro atoms. The molecule has 36 heavy (non-hydrogen) atoms. The molecule has 0 heterocycles. The second kappa shape index (κ2) is 13.2. The maximum absolute atomic E-state index is 14.4. The van der Waals surface area contributed by atoms with Crippen molar-refractivity contribution in [3.05, 3.63) is 108 Å². The lowest BCUT2D eigenvalue weighted by molar-refractivity contribution is 0.119. The van der Waals surface area contributed by atoms with E-state index in [1.165, 1.54) is 72.8 Å². The van der Waals surface area contributed by atoms with Gasteiger partial charge in [0.05, 0.1) is 13.3 Å². The average molecular weight is 504 g/mol. The van der Waals surface area contributed by atoms with E-state index in [4.69, 9.17) is 9.47 Å². The second-order valence-electron chi connectivity index (χ2n) is 7.44. The van der Waals surface area contributed by atoms with Crippen molar-refractivity contribution in [1.82, 2.24) is 0 Å². The van der Waals surface area contributed by atoms with E-state index in [1.54, 1.807) is 12.1 Å². The highest BCUT2D eigenvalue weighted by Gasteiger charge is 2.09. The summed E-state index contributed by atoms with van der Waals surface area (Å²) < 4.78 is 87.1. The van der Waals surface area contributed by atoms with Crippen molar-refractivity contribution in [2.75, 3.05) is 20.1 Å². The van der Waals surface area contributed by atoms with Gasteiger partial charge < -0.3 is 9.47 Å². The van der Waals surface area contributed by atoms with Crippen LogP contribution in [0.2, 0.25) is 0 Å². The summed E-state index contributed by atoms with van der Waals surface area (Å²) >= 11 is 0. The minimum atomic E-state index is -0.531. The van der Waals surface area contributed by atoms with Crippen molar-refractivity contribution in [2.45, 2.75) is 6.42 Å². The van der Waals surface area contributed by atoms with Crippen LogP contribution in [0.5, 0.6) is 11.5 Å². The lowest BCUT2D eigenvalue weighted by atomic mass is 10.1. The topological polar surface area (TPSA) is 18.5 Å². The van der Waals surface area contributed by atoms with E-state index >= 15 is 0 Å². The minimum absolute atomic E-state index is 0.0556. The summed E-state index contributed by atoms with van der Waals surface area (Å²) in [5, 5.41) is 0. The van der Waals surface area contributed by atoms with Gasteiger partial charge in [-0.05, 0) is 59.7 Å². The van der Waals surface area contributed by atoms with Gasteiger partial charge in [-0.1, -0.05) is 24.3 Å². The van der Waals surface area contributed by atoms with Crippen molar-refractivity contribution in [1.29, 1.82) is 0 Å². The fourth-order valence-corrected chi connectivity index (χ4v) is 3.11. The fourth-order valence-electron chi connectivity index (χ4n) is 3.11. The average Bonchev–Trinajstić information content (AvgIpc) is 2.87. The minimum Gasteiger partial charge on any atom is -0.457 e. The van der Waals surface area contributed by atoms with Crippen LogP contribution in [0.25, 0.3) is 22.3 Å². The zero-order chi connectivity index (χ0) is 25.9. The second-order valence-corrected chi connectivity index (χ2v) is 7.44. The number of alkyl halides is 2. The molecule has 0 aromatic heterocycles. The molecule has 0 fully saturated rings. The standard InChI is InChI=1S/C25H16F4O2.C3H6F2/c26-18-5-1-16(2-6-18)22-11-9-20(13-24(22)28)30-15-31-21-10-12-23(25(29)14-21)17-3-7-19(27)8-4-17;4-2-1-3-5/h1-14H,15H2;1-3H2. The molecule has 2 nitrogen and oxygen atoms in total. The van der Waals surface area contributed by atoms with E-state index in [2.05, 4.69) is 0 Å². The van der Waals surface area contributed by atoms with Crippen LogP contribution in [0.15, 0.2) is 84.9 Å². The van der Waals surface area contributed by atoms with Crippen LogP contribution in [0.1, 0.15) is 6.42 Å². The van der Waals surface area contributed by atoms with Gasteiger partial charge in [0.25, 0.3) is 0 Å². The van der Waals surface area contributed by atoms with Crippen LogP contribution >= 0.6 is 0 Å². The molecule has 8 heteroatoms.